The van der Waals surface area contributed by atoms with Crippen molar-refractivity contribution in [3.05, 3.63) is 77.1 Å². The van der Waals surface area contributed by atoms with E-state index in [0.29, 0.717) is 30.8 Å². The third-order valence-electron chi connectivity index (χ3n) is 5.06. The lowest BCUT2D eigenvalue weighted by Gasteiger charge is -2.43. The largest absolute Gasteiger partial charge is 0.445 e. The summed E-state index contributed by atoms with van der Waals surface area (Å²) in [6.07, 6.45) is 2.07. The summed E-state index contributed by atoms with van der Waals surface area (Å²) in [6, 6.07) is 15.3. The molecule has 1 saturated heterocycles. The number of ether oxygens (including phenoxy) is 2. The number of carbonyl (C=O) groups is 1. The monoisotopic (exact) mass is 378 g/mol. The van der Waals surface area contributed by atoms with Crippen molar-refractivity contribution in [3.63, 3.8) is 0 Å². The van der Waals surface area contributed by atoms with Gasteiger partial charge in [0.1, 0.15) is 12.4 Å². The van der Waals surface area contributed by atoms with Crippen molar-refractivity contribution >= 4 is 11.7 Å². The Hall–Kier alpha value is -3.17. The van der Waals surface area contributed by atoms with Crippen LogP contribution in [0.25, 0.3) is 5.57 Å². The van der Waals surface area contributed by atoms with Gasteiger partial charge in [-0.05, 0) is 35.3 Å². The number of halogens is 1. The summed E-state index contributed by atoms with van der Waals surface area (Å²) in [5.74, 6) is -0.439. The molecule has 0 saturated carbocycles. The number of carbonyl (C=O) groups excluding carboxylic acids is 1. The maximum Gasteiger partial charge on any atom is 0.411 e. The van der Waals surface area contributed by atoms with Gasteiger partial charge in [-0.15, -0.1) is 0 Å². The van der Waals surface area contributed by atoms with Crippen molar-refractivity contribution in [3.8, 4) is 6.07 Å². The van der Waals surface area contributed by atoms with Crippen molar-refractivity contribution < 1.29 is 18.7 Å². The average molecular weight is 378 g/mol. The zero-order valence-electron chi connectivity index (χ0n) is 15.2. The molecule has 28 heavy (non-hydrogen) atoms. The molecular formula is C22H19FN2O3. The lowest BCUT2D eigenvalue weighted by Crippen LogP contribution is -2.56. The first-order valence-electron chi connectivity index (χ1n) is 9.13. The Labute approximate surface area is 162 Å². The lowest BCUT2D eigenvalue weighted by atomic mass is 9.88. The van der Waals surface area contributed by atoms with Gasteiger partial charge in [0.05, 0.1) is 36.9 Å². The fourth-order valence-electron chi connectivity index (χ4n) is 3.76. The Kier molecular flexibility index (Phi) is 5.09. The maximum atomic E-state index is 13.5. The van der Waals surface area contributed by atoms with Crippen LogP contribution in [0.3, 0.4) is 0 Å². The number of nitrogens with zero attached hydrogens (tertiary/aromatic N) is 2. The average Bonchev–Trinajstić information content (AvgIpc) is 2.71. The summed E-state index contributed by atoms with van der Waals surface area (Å²) in [4.78, 5) is 14.4. The SMILES string of the molecule is N#Cc1cc(F)ccc1C1=CC2COCC(C1)N2C(=O)OCc1ccccc1. The molecule has 0 aromatic heterocycles. The van der Waals surface area contributed by atoms with E-state index in [2.05, 4.69) is 6.07 Å². The molecule has 2 heterocycles. The lowest BCUT2D eigenvalue weighted by molar-refractivity contribution is -0.0342. The van der Waals surface area contributed by atoms with E-state index < -0.39 is 5.82 Å². The predicted octanol–water partition coefficient (Wildman–Crippen LogP) is 3.89. The van der Waals surface area contributed by atoms with E-state index in [9.17, 15) is 14.4 Å². The summed E-state index contributed by atoms with van der Waals surface area (Å²) in [6.45, 7) is 0.977. The van der Waals surface area contributed by atoms with Crippen molar-refractivity contribution in [1.82, 2.24) is 4.90 Å². The van der Waals surface area contributed by atoms with Crippen molar-refractivity contribution in [2.75, 3.05) is 13.2 Å². The van der Waals surface area contributed by atoms with E-state index in [0.717, 1.165) is 11.1 Å². The zero-order chi connectivity index (χ0) is 19.5. The highest BCUT2D eigenvalue weighted by Gasteiger charge is 2.39. The summed E-state index contributed by atoms with van der Waals surface area (Å²) < 4.78 is 24.6. The third-order valence-corrected chi connectivity index (χ3v) is 5.06. The van der Waals surface area contributed by atoms with Crippen LogP contribution in [0, 0.1) is 17.1 Å². The normalized spacial score (nSPS) is 20.9. The highest BCUT2D eigenvalue weighted by molar-refractivity contribution is 5.76. The van der Waals surface area contributed by atoms with Crippen LogP contribution < -0.4 is 0 Å². The molecule has 2 aromatic rings. The second-order valence-corrected chi connectivity index (χ2v) is 6.90. The molecule has 2 unspecified atom stereocenters. The van der Waals surface area contributed by atoms with Crippen molar-refractivity contribution in [2.24, 2.45) is 0 Å². The number of morpholine rings is 1. The minimum atomic E-state index is -0.439. The Morgan fingerprint density at radius 2 is 2.07 bits per heavy atom. The summed E-state index contributed by atoms with van der Waals surface area (Å²) in [5.41, 5.74) is 2.86. The molecular weight excluding hydrogens is 359 g/mol. The summed E-state index contributed by atoms with van der Waals surface area (Å²) >= 11 is 0. The first-order valence-corrected chi connectivity index (χ1v) is 9.13. The van der Waals surface area contributed by atoms with Gasteiger partial charge in [0.15, 0.2) is 0 Å². The van der Waals surface area contributed by atoms with Gasteiger partial charge in [-0.3, -0.25) is 4.90 Å². The quantitative estimate of drug-likeness (QED) is 0.813. The van der Waals surface area contributed by atoms with E-state index in [1.807, 2.05) is 36.4 Å². The van der Waals surface area contributed by atoms with Crippen LogP contribution in [-0.2, 0) is 16.1 Å². The molecule has 1 fully saturated rings. The van der Waals surface area contributed by atoms with Crippen LogP contribution in [-0.4, -0.2) is 36.3 Å². The number of nitriles is 1. The molecule has 0 aliphatic carbocycles. The maximum absolute atomic E-state index is 13.5. The second kappa shape index (κ2) is 7.83. The van der Waals surface area contributed by atoms with Crippen LogP contribution >= 0.6 is 0 Å². The van der Waals surface area contributed by atoms with Gasteiger partial charge < -0.3 is 9.47 Å². The molecule has 1 amide bonds. The van der Waals surface area contributed by atoms with Crippen LogP contribution in [0.1, 0.15) is 23.1 Å². The van der Waals surface area contributed by atoms with Gasteiger partial charge in [-0.25, -0.2) is 9.18 Å². The van der Waals surface area contributed by atoms with E-state index in [1.54, 1.807) is 11.0 Å². The van der Waals surface area contributed by atoms with Crippen LogP contribution in [0.2, 0.25) is 0 Å². The van der Waals surface area contributed by atoms with Crippen molar-refractivity contribution in [2.45, 2.75) is 25.1 Å². The van der Waals surface area contributed by atoms with Gasteiger partial charge in [-0.2, -0.15) is 5.26 Å². The molecule has 4 rings (SSSR count). The Balaban J connectivity index is 1.54. The molecule has 142 valence electrons. The van der Waals surface area contributed by atoms with Crippen molar-refractivity contribution in [1.29, 1.82) is 5.26 Å². The van der Waals surface area contributed by atoms with Gasteiger partial charge in [-0.1, -0.05) is 42.5 Å². The van der Waals surface area contributed by atoms with E-state index in [4.69, 9.17) is 9.47 Å². The number of hydrogen-bond acceptors (Lipinski definition) is 4. The summed E-state index contributed by atoms with van der Waals surface area (Å²) in [5, 5.41) is 9.34. The Morgan fingerprint density at radius 1 is 1.25 bits per heavy atom. The van der Waals surface area contributed by atoms with Gasteiger partial charge in [0, 0.05) is 0 Å². The van der Waals surface area contributed by atoms with E-state index in [1.165, 1.54) is 12.1 Å². The molecule has 2 aromatic carbocycles. The van der Waals surface area contributed by atoms with Gasteiger partial charge in [0.2, 0.25) is 0 Å². The number of hydrogen-bond donors (Lipinski definition) is 0. The molecule has 2 atom stereocenters. The first-order chi connectivity index (χ1) is 13.7. The van der Waals surface area contributed by atoms with Crippen LogP contribution in [0.5, 0.6) is 0 Å². The Bertz CT molecular complexity index is 952. The minimum Gasteiger partial charge on any atom is -0.445 e. The van der Waals surface area contributed by atoms with E-state index >= 15 is 0 Å². The molecule has 0 radical (unpaired) electrons. The molecule has 2 bridgehead atoms. The second-order valence-electron chi connectivity index (χ2n) is 6.90. The first kappa shape index (κ1) is 18.2. The molecule has 2 aliphatic heterocycles. The minimum absolute atomic E-state index is 0.182. The highest BCUT2D eigenvalue weighted by Crippen LogP contribution is 2.34. The van der Waals surface area contributed by atoms with Crippen LogP contribution in [0.4, 0.5) is 9.18 Å². The molecule has 0 spiro atoms. The fourth-order valence-corrected chi connectivity index (χ4v) is 3.76. The van der Waals surface area contributed by atoms with Gasteiger partial charge >= 0.3 is 6.09 Å². The Morgan fingerprint density at radius 3 is 2.82 bits per heavy atom. The fraction of sp³-hybridized carbons (Fsp3) is 0.273. The molecule has 2 aliphatic rings. The van der Waals surface area contributed by atoms with Crippen LogP contribution in [0.15, 0.2) is 54.6 Å². The smallest absolute Gasteiger partial charge is 0.411 e. The predicted molar refractivity (Wildman–Crippen MR) is 101 cm³/mol. The number of amides is 1. The van der Waals surface area contributed by atoms with Gasteiger partial charge in [0.25, 0.3) is 0 Å². The number of rotatable bonds is 3. The number of benzene rings is 2. The molecule has 5 nitrogen and oxygen atoms in total. The molecule has 0 N–H and O–H groups in total. The van der Waals surface area contributed by atoms with E-state index in [-0.39, 0.29) is 24.8 Å². The topological polar surface area (TPSA) is 62.6 Å². The standard InChI is InChI=1S/C22H19FN2O3/c23-18-6-7-21(17(8-18)11-24)16-9-19-13-27-14-20(10-16)25(19)22(26)28-12-15-4-2-1-3-5-15/h1-9,19-20H,10,12-14H2. The molecule has 6 heteroatoms. The zero-order valence-corrected chi connectivity index (χ0v) is 15.2. The highest BCUT2D eigenvalue weighted by atomic mass is 19.1. The summed E-state index contributed by atoms with van der Waals surface area (Å²) in [7, 11) is 0. The third kappa shape index (κ3) is 3.62. The number of fused-ring (bicyclic) bond motifs is 2.